The number of halogens is 1. The van der Waals surface area contributed by atoms with Gasteiger partial charge in [-0.1, -0.05) is 6.08 Å². The highest BCUT2D eigenvalue weighted by atomic mass is 127. The van der Waals surface area contributed by atoms with E-state index < -0.39 is 10.1 Å². The average molecular weight is 324 g/mol. The Bertz CT molecular complexity index is 420. The second kappa shape index (κ2) is 4.79. The van der Waals surface area contributed by atoms with Crippen LogP contribution in [-0.2, 0) is 14.3 Å². The lowest BCUT2D eigenvalue weighted by Crippen LogP contribution is -2.01. The van der Waals surface area contributed by atoms with Crippen molar-refractivity contribution in [2.75, 3.05) is 0 Å². The maximum atomic E-state index is 11.4. The van der Waals surface area contributed by atoms with Crippen molar-refractivity contribution in [2.24, 2.45) is 0 Å². The van der Waals surface area contributed by atoms with Crippen molar-refractivity contribution in [1.29, 1.82) is 0 Å². The largest absolute Gasteiger partial charge is 0.387 e. The quantitative estimate of drug-likeness (QED) is 0.487. The summed E-state index contributed by atoms with van der Waals surface area (Å²) >= 11 is 2.10. The molecule has 0 unspecified atom stereocenters. The highest BCUT2D eigenvalue weighted by molar-refractivity contribution is 14.1. The maximum Gasteiger partial charge on any atom is 0.338 e. The van der Waals surface area contributed by atoms with Crippen LogP contribution in [0.2, 0.25) is 0 Å². The Morgan fingerprint density at radius 1 is 1.29 bits per heavy atom. The van der Waals surface area contributed by atoms with Gasteiger partial charge in [0.2, 0.25) is 0 Å². The highest BCUT2D eigenvalue weighted by Gasteiger charge is 2.12. The third-order valence-corrected chi connectivity index (χ3v) is 3.35. The molecule has 1 rings (SSSR count). The van der Waals surface area contributed by atoms with Crippen LogP contribution >= 0.6 is 22.6 Å². The second-order valence-electron chi connectivity index (χ2n) is 2.47. The molecule has 0 aromatic heterocycles. The standard InChI is InChI=1S/C9H9IO3S/c1-2-7-13-14(11,12)9-5-3-8(10)4-6-9/h2-7H,1H3/b7-2+. The van der Waals surface area contributed by atoms with Crippen molar-refractivity contribution in [3.8, 4) is 0 Å². The predicted octanol–water partition coefficient (Wildman–Crippen LogP) is 2.53. The fourth-order valence-corrected chi connectivity index (χ4v) is 1.98. The molecule has 0 spiro atoms. The summed E-state index contributed by atoms with van der Waals surface area (Å²) < 4.78 is 28.4. The molecule has 0 heterocycles. The van der Waals surface area contributed by atoms with Gasteiger partial charge in [0.25, 0.3) is 0 Å². The number of rotatable bonds is 3. The molecule has 0 amide bonds. The second-order valence-corrected chi connectivity index (χ2v) is 5.29. The predicted molar refractivity (Wildman–Crippen MR) is 62.2 cm³/mol. The summed E-state index contributed by atoms with van der Waals surface area (Å²) in [4.78, 5) is 0.163. The third-order valence-electron chi connectivity index (χ3n) is 1.42. The van der Waals surface area contributed by atoms with Crippen molar-refractivity contribution in [2.45, 2.75) is 11.8 Å². The van der Waals surface area contributed by atoms with Gasteiger partial charge < -0.3 is 4.18 Å². The van der Waals surface area contributed by atoms with E-state index in [9.17, 15) is 8.42 Å². The molecule has 76 valence electrons. The van der Waals surface area contributed by atoms with Gasteiger partial charge in [-0.25, -0.2) is 0 Å². The first-order chi connectivity index (χ1) is 6.56. The molecular weight excluding hydrogens is 315 g/mol. The van der Waals surface area contributed by atoms with Crippen LogP contribution in [0.25, 0.3) is 0 Å². The van der Waals surface area contributed by atoms with Crippen molar-refractivity contribution >= 4 is 32.7 Å². The summed E-state index contributed by atoms with van der Waals surface area (Å²) in [6.45, 7) is 1.68. The Hall–Kier alpha value is -0.560. The van der Waals surface area contributed by atoms with Gasteiger partial charge in [-0.3, -0.25) is 0 Å². The van der Waals surface area contributed by atoms with Gasteiger partial charge in [0.05, 0.1) is 0 Å². The van der Waals surface area contributed by atoms with Gasteiger partial charge in [-0.2, -0.15) is 8.42 Å². The molecule has 0 aliphatic rings. The van der Waals surface area contributed by atoms with E-state index in [0.29, 0.717) is 0 Å². The number of hydrogen-bond donors (Lipinski definition) is 0. The van der Waals surface area contributed by atoms with Gasteiger partial charge >= 0.3 is 10.1 Å². The molecule has 0 saturated carbocycles. The summed E-state index contributed by atoms with van der Waals surface area (Å²) in [7, 11) is -3.63. The topological polar surface area (TPSA) is 43.4 Å². The summed E-state index contributed by atoms with van der Waals surface area (Å²) in [6, 6.07) is 6.46. The maximum absolute atomic E-state index is 11.4. The highest BCUT2D eigenvalue weighted by Crippen LogP contribution is 2.14. The Morgan fingerprint density at radius 3 is 2.36 bits per heavy atom. The lowest BCUT2D eigenvalue weighted by molar-refractivity contribution is 0.443. The van der Waals surface area contributed by atoms with Gasteiger partial charge in [0, 0.05) is 3.57 Å². The minimum Gasteiger partial charge on any atom is -0.387 e. The Kier molecular flexibility index (Phi) is 3.94. The van der Waals surface area contributed by atoms with Gasteiger partial charge in [0.15, 0.2) is 0 Å². The molecule has 5 heteroatoms. The summed E-state index contributed by atoms with van der Waals surface area (Å²) in [5.41, 5.74) is 0. The fourth-order valence-electron chi connectivity index (χ4n) is 0.786. The summed E-state index contributed by atoms with van der Waals surface area (Å²) in [5, 5.41) is 0. The molecule has 14 heavy (non-hydrogen) atoms. The Labute approximate surface area is 97.0 Å². The van der Waals surface area contributed by atoms with E-state index in [0.717, 1.165) is 9.83 Å². The monoisotopic (exact) mass is 324 g/mol. The molecular formula is C9H9IO3S. The molecule has 1 aromatic carbocycles. The molecule has 0 aliphatic heterocycles. The first-order valence-electron chi connectivity index (χ1n) is 3.86. The Balaban J connectivity index is 2.99. The van der Waals surface area contributed by atoms with Crippen molar-refractivity contribution in [1.82, 2.24) is 0 Å². The van der Waals surface area contributed by atoms with Crippen molar-refractivity contribution in [3.05, 3.63) is 40.2 Å². The van der Waals surface area contributed by atoms with Crippen LogP contribution in [0, 0.1) is 3.57 Å². The molecule has 0 fully saturated rings. The van der Waals surface area contributed by atoms with Crippen LogP contribution < -0.4 is 0 Å². The van der Waals surface area contributed by atoms with Crippen LogP contribution in [0.1, 0.15) is 6.92 Å². The minimum absolute atomic E-state index is 0.163. The fraction of sp³-hybridized carbons (Fsp3) is 0.111. The molecule has 0 atom stereocenters. The minimum atomic E-state index is -3.63. The smallest absolute Gasteiger partial charge is 0.338 e. The van der Waals surface area contributed by atoms with Gasteiger partial charge in [-0.15, -0.1) is 0 Å². The number of hydrogen-bond acceptors (Lipinski definition) is 3. The molecule has 0 saturated heterocycles. The van der Waals surface area contributed by atoms with E-state index in [1.165, 1.54) is 18.2 Å². The van der Waals surface area contributed by atoms with Crippen molar-refractivity contribution < 1.29 is 12.6 Å². The van der Waals surface area contributed by atoms with Gasteiger partial charge in [-0.05, 0) is 53.8 Å². The van der Waals surface area contributed by atoms with Crippen molar-refractivity contribution in [3.63, 3.8) is 0 Å². The SMILES string of the molecule is C/C=C/OS(=O)(=O)c1ccc(I)cc1. The van der Waals surface area contributed by atoms with E-state index in [1.807, 2.05) is 0 Å². The first-order valence-corrected chi connectivity index (χ1v) is 6.35. The molecule has 0 N–H and O–H groups in total. The van der Waals surface area contributed by atoms with Crippen LogP contribution in [0.4, 0.5) is 0 Å². The van der Waals surface area contributed by atoms with E-state index >= 15 is 0 Å². The summed E-state index contributed by atoms with van der Waals surface area (Å²) in [5.74, 6) is 0. The third kappa shape index (κ3) is 2.98. The van der Waals surface area contributed by atoms with E-state index in [-0.39, 0.29) is 4.90 Å². The molecule has 3 nitrogen and oxygen atoms in total. The van der Waals surface area contributed by atoms with Gasteiger partial charge in [0.1, 0.15) is 11.2 Å². The Morgan fingerprint density at radius 2 is 1.86 bits per heavy atom. The zero-order chi connectivity index (χ0) is 10.6. The lowest BCUT2D eigenvalue weighted by atomic mass is 10.4. The molecule has 1 aromatic rings. The normalized spacial score (nSPS) is 11.9. The zero-order valence-corrected chi connectivity index (χ0v) is 10.4. The van der Waals surface area contributed by atoms with Crippen LogP contribution in [-0.4, -0.2) is 8.42 Å². The molecule has 0 radical (unpaired) electrons. The lowest BCUT2D eigenvalue weighted by Gasteiger charge is -2.02. The molecule has 0 bridgehead atoms. The van der Waals surface area contributed by atoms with E-state index in [2.05, 4.69) is 26.8 Å². The first kappa shape index (κ1) is 11.5. The number of benzene rings is 1. The van der Waals surface area contributed by atoms with E-state index in [1.54, 1.807) is 19.1 Å². The summed E-state index contributed by atoms with van der Waals surface area (Å²) in [6.07, 6.45) is 2.66. The average Bonchev–Trinajstić information content (AvgIpc) is 2.16. The zero-order valence-electron chi connectivity index (χ0n) is 7.48. The van der Waals surface area contributed by atoms with Crippen LogP contribution in [0.15, 0.2) is 41.5 Å². The van der Waals surface area contributed by atoms with Crippen LogP contribution in [0.5, 0.6) is 0 Å². The number of allylic oxidation sites excluding steroid dienone is 1. The van der Waals surface area contributed by atoms with Crippen LogP contribution in [0.3, 0.4) is 0 Å². The van der Waals surface area contributed by atoms with E-state index in [4.69, 9.17) is 0 Å². The molecule has 0 aliphatic carbocycles.